The van der Waals surface area contributed by atoms with Gasteiger partial charge in [0.15, 0.2) is 23.2 Å². The normalized spacial score (nSPS) is 23.3. The minimum atomic E-state index is -4.53. The van der Waals surface area contributed by atoms with E-state index in [1.807, 2.05) is 4.98 Å². The predicted molar refractivity (Wildman–Crippen MR) is 146 cm³/mol. The lowest BCUT2D eigenvalue weighted by Gasteiger charge is -2.24. The van der Waals surface area contributed by atoms with Crippen molar-refractivity contribution < 1.29 is 51.3 Å². The maximum atomic E-state index is 15.6. The molecule has 0 bridgehead atoms. The zero-order valence-electron chi connectivity index (χ0n) is 23.6. The van der Waals surface area contributed by atoms with Gasteiger partial charge in [0.2, 0.25) is 0 Å². The second-order valence-electron chi connectivity index (χ2n) is 10.0. The third-order valence-corrected chi connectivity index (χ3v) is 7.91. The number of carbonyl (C=O) groups excluding carboxylic acids is 2. The maximum Gasteiger partial charge on any atom is 0.459 e. The summed E-state index contributed by atoms with van der Waals surface area (Å²) in [6, 6.07) is 5.55. The summed E-state index contributed by atoms with van der Waals surface area (Å²) in [5.41, 5.74) is -3.69. The standard InChI is InChI=1S/C26H31FN3O12P/c1-14(2)40-21(33)11-28-43(36,42-17-7-5-6-16-15(10-20(32)37-4)12-38-22(16)17)39-13-18-23(34)26(3,27)24(41-18)30-9-8-19(31)29-25(30)35/h5-9,12,14,18,23-24,34H,10-11,13H2,1-4H3,(H,28,36)(H,29,31,35). The lowest BCUT2D eigenvalue weighted by atomic mass is 9.98. The fraction of sp³-hybridized carbons (Fsp3) is 0.462. The Morgan fingerprint density at radius 2 is 2.00 bits per heavy atom. The van der Waals surface area contributed by atoms with Gasteiger partial charge in [0.1, 0.15) is 18.8 Å². The predicted octanol–water partition coefficient (Wildman–Crippen LogP) is 1.73. The van der Waals surface area contributed by atoms with E-state index >= 15 is 4.39 Å². The van der Waals surface area contributed by atoms with Crippen molar-refractivity contribution in [3.8, 4) is 5.75 Å². The van der Waals surface area contributed by atoms with Gasteiger partial charge in [0, 0.05) is 23.2 Å². The van der Waals surface area contributed by atoms with Gasteiger partial charge in [-0.1, -0.05) is 12.1 Å². The Kier molecular flexibility index (Phi) is 9.57. The van der Waals surface area contributed by atoms with Gasteiger partial charge < -0.3 is 28.3 Å². The lowest BCUT2D eigenvalue weighted by molar-refractivity contribution is -0.146. The highest BCUT2D eigenvalue weighted by atomic mass is 31.2. The number of para-hydroxylation sites is 1. The molecule has 17 heteroatoms. The molecule has 0 aliphatic carbocycles. The topological polar surface area (TPSA) is 198 Å². The zero-order chi connectivity index (χ0) is 31.5. The van der Waals surface area contributed by atoms with Crippen LogP contribution >= 0.6 is 7.75 Å². The molecule has 0 radical (unpaired) electrons. The molecule has 1 fully saturated rings. The average Bonchev–Trinajstić information content (AvgIpc) is 3.44. The summed E-state index contributed by atoms with van der Waals surface area (Å²) in [5, 5.41) is 13.5. The number of ether oxygens (including phenoxy) is 3. The number of hydrogen-bond acceptors (Lipinski definition) is 12. The van der Waals surface area contributed by atoms with Crippen molar-refractivity contribution in [1.82, 2.24) is 14.6 Å². The van der Waals surface area contributed by atoms with E-state index in [1.165, 1.54) is 25.5 Å². The molecule has 234 valence electrons. The number of halogens is 1. The van der Waals surface area contributed by atoms with E-state index in [4.69, 9.17) is 27.7 Å². The van der Waals surface area contributed by atoms with Crippen LogP contribution in [0.15, 0.2) is 50.7 Å². The summed E-state index contributed by atoms with van der Waals surface area (Å²) in [6.45, 7) is 2.86. The Labute approximate surface area is 243 Å². The Bertz CT molecular complexity index is 1650. The second-order valence-corrected chi connectivity index (χ2v) is 11.8. The highest BCUT2D eigenvalue weighted by Gasteiger charge is 2.55. The van der Waals surface area contributed by atoms with Crippen LogP contribution in [0, 0.1) is 0 Å². The number of H-pyrrole nitrogens is 1. The van der Waals surface area contributed by atoms with Crippen molar-refractivity contribution in [1.29, 1.82) is 0 Å². The highest BCUT2D eigenvalue weighted by molar-refractivity contribution is 7.52. The summed E-state index contributed by atoms with van der Waals surface area (Å²) in [7, 11) is -3.29. The number of rotatable bonds is 12. The number of nitrogens with zero attached hydrogens (tertiary/aromatic N) is 1. The molecular weight excluding hydrogens is 596 g/mol. The summed E-state index contributed by atoms with van der Waals surface area (Å²) in [6.07, 6.45) is -3.32. The molecule has 1 aliphatic heterocycles. The number of hydrogen-bond donors (Lipinski definition) is 3. The Morgan fingerprint density at radius 1 is 1.26 bits per heavy atom. The van der Waals surface area contributed by atoms with Crippen molar-refractivity contribution in [2.75, 3.05) is 20.3 Å². The number of aromatic nitrogens is 2. The van der Waals surface area contributed by atoms with Gasteiger partial charge in [-0.05, 0) is 26.8 Å². The van der Waals surface area contributed by atoms with Crippen LogP contribution in [0.2, 0.25) is 0 Å². The SMILES string of the molecule is COC(=O)Cc1coc2c(OP(=O)(NCC(=O)OC(C)C)OCC3OC(n4ccc(=O)[nH]c4=O)C(C)(F)C3O)cccc12. The van der Waals surface area contributed by atoms with Crippen molar-refractivity contribution in [2.45, 2.75) is 57.4 Å². The van der Waals surface area contributed by atoms with Crippen LogP contribution in [-0.4, -0.2) is 70.8 Å². The number of aromatic amines is 1. The number of alkyl halides is 1. The minimum Gasteiger partial charge on any atom is -0.469 e. The van der Waals surface area contributed by atoms with Gasteiger partial charge in [-0.15, -0.1) is 0 Å². The number of aliphatic hydroxyl groups is 1. The number of aliphatic hydroxyl groups excluding tert-OH is 1. The molecule has 0 amide bonds. The first-order chi connectivity index (χ1) is 20.2. The van der Waals surface area contributed by atoms with E-state index < -0.39 is 74.3 Å². The first kappa shape index (κ1) is 32.1. The van der Waals surface area contributed by atoms with Crippen LogP contribution in [0.4, 0.5) is 4.39 Å². The number of methoxy groups -OCH3 is 1. The van der Waals surface area contributed by atoms with Crippen LogP contribution in [0.5, 0.6) is 5.75 Å². The molecule has 0 spiro atoms. The van der Waals surface area contributed by atoms with Crippen molar-refractivity contribution >= 4 is 30.7 Å². The number of furan rings is 1. The monoisotopic (exact) mass is 627 g/mol. The van der Waals surface area contributed by atoms with Gasteiger partial charge in [0.05, 0.1) is 32.5 Å². The molecule has 3 heterocycles. The van der Waals surface area contributed by atoms with Gasteiger partial charge >= 0.3 is 25.4 Å². The Morgan fingerprint density at radius 3 is 2.67 bits per heavy atom. The van der Waals surface area contributed by atoms with Gasteiger partial charge in [-0.2, -0.15) is 0 Å². The van der Waals surface area contributed by atoms with Crippen molar-refractivity contribution in [2.24, 2.45) is 0 Å². The Balaban J connectivity index is 1.58. The van der Waals surface area contributed by atoms with Gasteiger partial charge in [0.25, 0.3) is 5.56 Å². The van der Waals surface area contributed by atoms with Crippen molar-refractivity contribution in [3.63, 3.8) is 0 Å². The molecule has 1 aromatic carbocycles. The smallest absolute Gasteiger partial charge is 0.459 e. The molecule has 15 nitrogen and oxygen atoms in total. The van der Waals surface area contributed by atoms with Crippen LogP contribution in [0.3, 0.4) is 0 Å². The van der Waals surface area contributed by atoms with Crippen molar-refractivity contribution in [3.05, 3.63) is 63.1 Å². The minimum absolute atomic E-state index is 0.0948. The molecule has 2 aromatic heterocycles. The molecular formula is C26H31FN3O12P. The number of carbonyl (C=O) groups is 2. The van der Waals surface area contributed by atoms with E-state index in [0.717, 1.165) is 23.8 Å². The van der Waals surface area contributed by atoms with E-state index in [1.54, 1.807) is 19.9 Å². The second kappa shape index (κ2) is 12.8. The molecule has 5 atom stereocenters. The number of benzene rings is 1. The van der Waals surface area contributed by atoms with Crippen LogP contribution in [0.1, 0.15) is 32.6 Å². The third-order valence-electron chi connectivity index (χ3n) is 6.44. The van der Waals surface area contributed by atoms with Gasteiger partial charge in [-0.25, -0.2) is 18.8 Å². The molecule has 3 aromatic rings. The quantitative estimate of drug-likeness (QED) is 0.194. The van der Waals surface area contributed by atoms with E-state index in [9.17, 15) is 28.8 Å². The molecule has 3 N–H and O–H groups in total. The summed E-state index contributed by atoms with van der Waals surface area (Å²) >= 11 is 0. The summed E-state index contributed by atoms with van der Waals surface area (Å²) in [5.74, 6) is -1.40. The van der Waals surface area contributed by atoms with Crippen LogP contribution in [0.25, 0.3) is 11.0 Å². The zero-order valence-corrected chi connectivity index (χ0v) is 24.5. The first-order valence-corrected chi connectivity index (χ1v) is 14.6. The molecule has 1 saturated heterocycles. The average molecular weight is 628 g/mol. The lowest BCUT2D eigenvalue weighted by Crippen LogP contribution is -2.43. The molecule has 1 aliphatic rings. The Hall–Kier alpha value is -3.82. The van der Waals surface area contributed by atoms with E-state index in [-0.39, 0.29) is 17.8 Å². The van der Waals surface area contributed by atoms with Crippen LogP contribution in [-0.2, 0) is 39.3 Å². The van der Waals surface area contributed by atoms with Crippen LogP contribution < -0.4 is 20.9 Å². The van der Waals surface area contributed by atoms with Gasteiger partial charge in [-0.3, -0.25) is 28.5 Å². The fourth-order valence-corrected chi connectivity index (χ4v) is 5.63. The molecule has 43 heavy (non-hydrogen) atoms. The number of esters is 2. The highest BCUT2D eigenvalue weighted by Crippen LogP contribution is 2.48. The first-order valence-electron chi connectivity index (χ1n) is 13.0. The molecule has 0 saturated carbocycles. The summed E-state index contributed by atoms with van der Waals surface area (Å²) < 4.78 is 62.3. The summed E-state index contributed by atoms with van der Waals surface area (Å²) in [4.78, 5) is 49.7. The number of nitrogens with one attached hydrogen (secondary N) is 2. The fourth-order valence-electron chi connectivity index (χ4n) is 4.35. The molecule has 4 rings (SSSR count). The van der Waals surface area contributed by atoms with E-state index in [0.29, 0.717) is 10.9 Å². The van der Waals surface area contributed by atoms with E-state index in [2.05, 4.69) is 5.09 Å². The third kappa shape index (κ3) is 7.22. The molecule has 5 unspecified atom stereocenters. The maximum absolute atomic E-state index is 15.6. The largest absolute Gasteiger partial charge is 0.469 e. The number of fused-ring (bicyclic) bond motifs is 1.